The van der Waals surface area contributed by atoms with Crippen molar-refractivity contribution in [3.63, 3.8) is 0 Å². The van der Waals surface area contributed by atoms with Gasteiger partial charge in [-0.1, -0.05) is 115 Å². The van der Waals surface area contributed by atoms with E-state index in [1.165, 1.54) is 0 Å². The summed E-state index contributed by atoms with van der Waals surface area (Å²) in [5, 5.41) is 47.5. The summed E-state index contributed by atoms with van der Waals surface area (Å²) < 4.78 is 0. The van der Waals surface area contributed by atoms with E-state index in [4.69, 9.17) is 10.4 Å². The first-order chi connectivity index (χ1) is 17.1. The number of hydrogen-bond donors (Lipinski definition) is 2. The van der Waals surface area contributed by atoms with Crippen LogP contribution in [0.5, 0.6) is 11.5 Å². The molecule has 0 atom stereocenters. The van der Waals surface area contributed by atoms with Gasteiger partial charge < -0.3 is 20.6 Å². The van der Waals surface area contributed by atoms with E-state index < -0.39 is 0 Å². The van der Waals surface area contributed by atoms with Crippen molar-refractivity contribution in [3.05, 3.63) is 58.7 Å². The fourth-order valence-corrected chi connectivity index (χ4v) is 5.43. The second-order valence-electron chi connectivity index (χ2n) is 14.0. The number of hydrogen-bond acceptors (Lipinski definition) is 6. The molecule has 0 aliphatic rings. The third kappa shape index (κ3) is 11.3. The normalized spacial score (nSPS) is 13.3. The molecule has 0 bridgehead atoms. The quantitative estimate of drug-likeness (QED) is 0.159. The molecule has 0 aliphatic heterocycles. The molecule has 0 unspecified atom stereocenters. The number of nitrogens with zero attached hydrogens (tertiary/aromatic N) is 2. The van der Waals surface area contributed by atoms with Gasteiger partial charge in [0.15, 0.2) is 0 Å². The summed E-state index contributed by atoms with van der Waals surface area (Å²) in [5.41, 5.74) is 4.22. The van der Waals surface area contributed by atoms with Crippen molar-refractivity contribution in [2.75, 3.05) is 0 Å². The monoisotopic (exact) mass is 587 g/mol. The first-order valence-corrected chi connectivity index (χ1v) is 13.1. The minimum atomic E-state index is -0.106. The predicted molar refractivity (Wildman–Crippen MR) is 154 cm³/mol. The van der Waals surface area contributed by atoms with Crippen molar-refractivity contribution >= 4 is 11.4 Å². The average molecular weight is 588 g/mol. The van der Waals surface area contributed by atoms with Crippen LogP contribution in [-0.4, -0.2) is 21.8 Å². The van der Waals surface area contributed by atoms with E-state index in [-0.39, 0.29) is 50.2 Å². The van der Waals surface area contributed by atoms with Gasteiger partial charge in [0.2, 0.25) is 0 Å². The van der Waals surface area contributed by atoms with Gasteiger partial charge >= 0.3 is 17.1 Å². The fourth-order valence-electron chi connectivity index (χ4n) is 5.43. The van der Waals surface area contributed by atoms with Gasteiger partial charge in [0.1, 0.15) is 0 Å². The summed E-state index contributed by atoms with van der Waals surface area (Å²) in [6, 6.07) is 10.6. The smallest absolute Gasteiger partial charge is 0.872 e. The molecule has 0 heterocycles. The molecule has 0 aliphatic carbocycles. The van der Waals surface area contributed by atoms with Gasteiger partial charge in [-0.3, -0.25) is 0 Å². The third-order valence-corrected chi connectivity index (χ3v) is 6.55. The molecule has 6 nitrogen and oxygen atoms in total. The molecule has 2 aromatic rings. The topological polar surface area (TPSA) is 111 Å². The molecule has 0 aromatic heterocycles. The van der Waals surface area contributed by atoms with Gasteiger partial charge in [0, 0.05) is 0 Å². The zero-order valence-electron chi connectivity index (χ0n) is 25.8. The Balaban J connectivity index is 0.000000722. The van der Waals surface area contributed by atoms with Crippen molar-refractivity contribution < 1.29 is 37.7 Å². The second kappa shape index (κ2) is 13.7. The Kier molecular flexibility index (Phi) is 12.8. The predicted octanol–water partition coefficient (Wildman–Crippen LogP) is 7.34. The van der Waals surface area contributed by atoms with E-state index in [0.29, 0.717) is 22.6 Å². The van der Waals surface area contributed by atoms with Crippen molar-refractivity contribution in [2.45, 2.75) is 107 Å². The van der Waals surface area contributed by atoms with Gasteiger partial charge in [0.25, 0.3) is 0 Å². The van der Waals surface area contributed by atoms with Gasteiger partial charge in [-0.15, -0.1) is 0 Å². The van der Waals surface area contributed by atoms with Crippen LogP contribution in [0.3, 0.4) is 0 Å². The number of benzene rings is 2. The molecule has 0 fully saturated rings. The molecule has 2 aromatic carbocycles. The van der Waals surface area contributed by atoms with Crippen LogP contribution < -0.4 is 10.2 Å². The van der Waals surface area contributed by atoms with Crippen molar-refractivity contribution in [1.29, 1.82) is 0 Å². The van der Waals surface area contributed by atoms with E-state index in [1.54, 1.807) is 26.0 Å². The molecule has 0 saturated heterocycles. The van der Waals surface area contributed by atoms with Crippen LogP contribution in [0, 0.1) is 10.8 Å². The Morgan fingerprint density at radius 1 is 0.615 bits per heavy atom. The maximum Gasteiger partial charge on any atom is 2.00 e. The van der Waals surface area contributed by atoms with Crippen molar-refractivity contribution in [1.82, 2.24) is 0 Å². The molecule has 2 rings (SSSR count). The second-order valence-corrected chi connectivity index (χ2v) is 14.0. The van der Waals surface area contributed by atoms with E-state index in [1.807, 2.05) is 24.3 Å². The molecular formula is C32H48CuN2O4. The Labute approximate surface area is 246 Å². The minimum absolute atomic E-state index is 0. The fraction of sp³-hybridized carbons (Fsp3) is 0.562. The SMILES string of the molecule is C/C(=N\O)c1cc(C(C)(C)CC(C)(C)C)ccc1[O-].C/C(=N\O)c1cc(C(C)(C)CC(C)(C)C)ccc1[O-].[Cu+2]. The summed E-state index contributed by atoms with van der Waals surface area (Å²) in [6.07, 6.45) is 2.01. The zero-order valence-corrected chi connectivity index (χ0v) is 26.7. The van der Waals surface area contributed by atoms with Crippen LogP contribution >= 0.6 is 0 Å². The summed E-state index contributed by atoms with van der Waals surface area (Å²) in [6.45, 7) is 25.2. The Morgan fingerprint density at radius 3 is 1.13 bits per heavy atom. The summed E-state index contributed by atoms with van der Waals surface area (Å²) in [4.78, 5) is 0. The van der Waals surface area contributed by atoms with E-state index in [9.17, 15) is 10.2 Å². The van der Waals surface area contributed by atoms with Crippen LogP contribution in [0.4, 0.5) is 0 Å². The minimum Gasteiger partial charge on any atom is -0.872 e. The molecular weight excluding hydrogens is 540 g/mol. The van der Waals surface area contributed by atoms with Gasteiger partial charge in [0.05, 0.1) is 11.4 Å². The molecule has 0 saturated carbocycles. The van der Waals surface area contributed by atoms with E-state index >= 15 is 0 Å². The average Bonchev–Trinajstić information content (AvgIpc) is 2.75. The molecule has 0 spiro atoms. The maximum atomic E-state index is 11.8. The molecule has 39 heavy (non-hydrogen) atoms. The number of oxime groups is 2. The Hall–Kier alpha value is -2.50. The maximum absolute atomic E-state index is 11.8. The van der Waals surface area contributed by atoms with Gasteiger partial charge in [-0.2, -0.15) is 0 Å². The van der Waals surface area contributed by atoms with Crippen LogP contribution in [0.2, 0.25) is 0 Å². The van der Waals surface area contributed by atoms with Gasteiger partial charge in [-0.05, 0) is 82.7 Å². The van der Waals surface area contributed by atoms with E-state index in [0.717, 1.165) is 24.0 Å². The summed E-state index contributed by atoms with van der Waals surface area (Å²) >= 11 is 0. The molecule has 221 valence electrons. The zero-order chi connectivity index (χ0) is 29.7. The van der Waals surface area contributed by atoms with Crippen LogP contribution in [0.15, 0.2) is 46.7 Å². The molecule has 2 N–H and O–H groups in total. The van der Waals surface area contributed by atoms with Gasteiger partial charge in [-0.25, -0.2) is 0 Å². The van der Waals surface area contributed by atoms with Crippen molar-refractivity contribution in [3.8, 4) is 11.5 Å². The van der Waals surface area contributed by atoms with Crippen LogP contribution in [0.1, 0.15) is 118 Å². The standard InChI is InChI=1S/2C16H25NO2.Cu/c2*1-11(17-19)13-9-12(7-8-14(13)18)16(5,6)10-15(2,3)4;/h2*7-9,18-19H,10H2,1-6H3;/q;;+2/p-2/b2*17-11+;. The summed E-state index contributed by atoms with van der Waals surface area (Å²) in [7, 11) is 0. The molecule has 1 radical (unpaired) electrons. The largest absolute Gasteiger partial charge is 2.00 e. The number of rotatable bonds is 6. The molecule has 7 heteroatoms. The molecule has 0 amide bonds. The van der Waals surface area contributed by atoms with Crippen molar-refractivity contribution in [2.24, 2.45) is 21.1 Å². The summed E-state index contributed by atoms with van der Waals surface area (Å²) in [5.74, 6) is -0.212. The Morgan fingerprint density at radius 2 is 0.897 bits per heavy atom. The van der Waals surface area contributed by atoms with Crippen LogP contribution in [-0.2, 0) is 27.9 Å². The van der Waals surface area contributed by atoms with E-state index in [2.05, 4.69) is 79.5 Å². The third-order valence-electron chi connectivity index (χ3n) is 6.55. The Bertz CT molecular complexity index is 1060. The first-order valence-electron chi connectivity index (χ1n) is 13.1. The van der Waals surface area contributed by atoms with Crippen LogP contribution in [0.25, 0.3) is 0 Å². The first kappa shape index (κ1) is 36.5.